The number of ether oxygens (including phenoxy) is 2. The average Bonchev–Trinajstić information content (AvgIpc) is 2.93. The van der Waals surface area contributed by atoms with Crippen molar-refractivity contribution in [2.75, 3.05) is 14.2 Å². The molecule has 1 saturated carbocycles. The van der Waals surface area contributed by atoms with E-state index in [9.17, 15) is 0 Å². The molecule has 0 bridgehead atoms. The van der Waals surface area contributed by atoms with Crippen molar-refractivity contribution < 1.29 is 9.47 Å². The van der Waals surface area contributed by atoms with Gasteiger partial charge in [0.1, 0.15) is 0 Å². The van der Waals surface area contributed by atoms with Crippen molar-refractivity contribution in [1.29, 1.82) is 0 Å². The van der Waals surface area contributed by atoms with Crippen molar-refractivity contribution in [3.05, 3.63) is 23.8 Å². The zero-order chi connectivity index (χ0) is 13.9. The van der Waals surface area contributed by atoms with Crippen LogP contribution in [0.4, 0.5) is 0 Å². The second kappa shape index (κ2) is 5.83. The Labute approximate surface area is 116 Å². The third-order valence-electron chi connectivity index (χ3n) is 4.32. The Morgan fingerprint density at radius 2 is 1.79 bits per heavy atom. The molecular weight excluding hydrogens is 238 g/mol. The summed E-state index contributed by atoms with van der Waals surface area (Å²) >= 11 is 0. The molecule has 106 valence electrons. The topological polar surface area (TPSA) is 44.5 Å². The highest BCUT2D eigenvalue weighted by Crippen LogP contribution is 2.36. The fraction of sp³-hybridized carbons (Fsp3) is 0.625. The van der Waals surface area contributed by atoms with Crippen LogP contribution in [0.3, 0.4) is 0 Å². The minimum atomic E-state index is -0.129. The predicted octanol–water partition coefficient (Wildman–Crippen LogP) is 3.15. The number of nitrogens with two attached hydrogens (primary N) is 1. The van der Waals surface area contributed by atoms with Gasteiger partial charge in [-0.1, -0.05) is 18.9 Å². The molecule has 0 amide bonds. The van der Waals surface area contributed by atoms with Crippen LogP contribution in [-0.4, -0.2) is 19.8 Å². The first kappa shape index (κ1) is 14.2. The van der Waals surface area contributed by atoms with E-state index < -0.39 is 0 Å². The number of rotatable bonds is 5. The molecule has 1 aliphatic carbocycles. The maximum absolute atomic E-state index is 6.54. The van der Waals surface area contributed by atoms with Gasteiger partial charge >= 0.3 is 0 Å². The minimum Gasteiger partial charge on any atom is -0.493 e. The lowest BCUT2D eigenvalue weighted by molar-refractivity contribution is 0.297. The summed E-state index contributed by atoms with van der Waals surface area (Å²) in [7, 11) is 3.32. The fourth-order valence-corrected chi connectivity index (χ4v) is 3.16. The van der Waals surface area contributed by atoms with Gasteiger partial charge in [0.25, 0.3) is 0 Å². The third-order valence-corrected chi connectivity index (χ3v) is 4.32. The standard InChI is InChI=1S/C16H25NO2/c1-16(17,13-6-4-5-7-13)11-12-8-9-14(18-2)15(10-12)19-3/h8-10,13H,4-7,11,17H2,1-3H3. The quantitative estimate of drug-likeness (QED) is 0.887. The van der Waals surface area contributed by atoms with Gasteiger partial charge in [-0.2, -0.15) is 0 Å². The molecule has 3 nitrogen and oxygen atoms in total. The molecule has 1 aliphatic rings. The number of methoxy groups -OCH3 is 2. The smallest absolute Gasteiger partial charge is 0.160 e. The second-order valence-corrected chi connectivity index (χ2v) is 5.85. The lowest BCUT2D eigenvalue weighted by Gasteiger charge is -2.32. The van der Waals surface area contributed by atoms with Crippen LogP contribution in [0.1, 0.15) is 38.2 Å². The first-order valence-corrected chi connectivity index (χ1v) is 7.06. The summed E-state index contributed by atoms with van der Waals surface area (Å²) in [6.07, 6.45) is 6.06. The molecule has 0 aliphatic heterocycles. The van der Waals surface area contributed by atoms with Gasteiger partial charge in [0.15, 0.2) is 11.5 Å². The zero-order valence-corrected chi connectivity index (χ0v) is 12.2. The van der Waals surface area contributed by atoms with Gasteiger partial charge in [0.05, 0.1) is 14.2 Å². The highest BCUT2D eigenvalue weighted by atomic mass is 16.5. The zero-order valence-electron chi connectivity index (χ0n) is 12.2. The van der Waals surface area contributed by atoms with E-state index in [-0.39, 0.29) is 5.54 Å². The minimum absolute atomic E-state index is 0.129. The molecule has 2 rings (SSSR count). The van der Waals surface area contributed by atoms with Gasteiger partial charge in [0, 0.05) is 5.54 Å². The van der Waals surface area contributed by atoms with E-state index >= 15 is 0 Å². The summed E-state index contributed by atoms with van der Waals surface area (Å²) in [6.45, 7) is 2.18. The van der Waals surface area contributed by atoms with Gasteiger partial charge in [-0.3, -0.25) is 0 Å². The van der Waals surface area contributed by atoms with Crippen LogP contribution < -0.4 is 15.2 Å². The summed E-state index contributed by atoms with van der Waals surface area (Å²) in [5, 5.41) is 0. The number of benzene rings is 1. The predicted molar refractivity (Wildman–Crippen MR) is 77.8 cm³/mol. The Morgan fingerprint density at radius 1 is 1.16 bits per heavy atom. The third kappa shape index (κ3) is 3.21. The van der Waals surface area contributed by atoms with E-state index in [0.717, 1.165) is 17.9 Å². The molecule has 0 saturated heterocycles. The Morgan fingerprint density at radius 3 is 2.37 bits per heavy atom. The summed E-state index contributed by atoms with van der Waals surface area (Å²) in [5.41, 5.74) is 7.63. The molecule has 0 radical (unpaired) electrons. The number of hydrogen-bond acceptors (Lipinski definition) is 3. The van der Waals surface area contributed by atoms with Crippen molar-refractivity contribution in [2.24, 2.45) is 11.7 Å². The van der Waals surface area contributed by atoms with Crippen molar-refractivity contribution >= 4 is 0 Å². The maximum Gasteiger partial charge on any atom is 0.160 e. The summed E-state index contributed by atoms with van der Waals surface area (Å²) in [6, 6.07) is 6.08. The lowest BCUT2D eigenvalue weighted by atomic mass is 9.80. The van der Waals surface area contributed by atoms with Crippen LogP contribution in [0.15, 0.2) is 18.2 Å². The van der Waals surface area contributed by atoms with E-state index in [2.05, 4.69) is 13.0 Å². The maximum atomic E-state index is 6.54. The molecule has 1 atom stereocenters. The summed E-state index contributed by atoms with van der Waals surface area (Å²) < 4.78 is 10.6. The SMILES string of the molecule is COc1ccc(CC(C)(N)C2CCCC2)cc1OC. The van der Waals surface area contributed by atoms with Crippen LogP contribution >= 0.6 is 0 Å². The van der Waals surface area contributed by atoms with Gasteiger partial charge in [-0.05, 0) is 49.8 Å². The molecular formula is C16H25NO2. The van der Waals surface area contributed by atoms with E-state index in [1.54, 1.807) is 14.2 Å². The molecule has 2 N–H and O–H groups in total. The Bertz CT molecular complexity index is 423. The van der Waals surface area contributed by atoms with Gasteiger partial charge in [-0.25, -0.2) is 0 Å². The van der Waals surface area contributed by atoms with Crippen LogP contribution in [0.2, 0.25) is 0 Å². The second-order valence-electron chi connectivity index (χ2n) is 5.85. The lowest BCUT2D eigenvalue weighted by Crippen LogP contribution is -2.45. The number of hydrogen-bond donors (Lipinski definition) is 1. The Balaban J connectivity index is 2.13. The Kier molecular flexibility index (Phi) is 4.35. The molecule has 0 aromatic heterocycles. The normalized spacial score (nSPS) is 19.2. The van der Waals surface area contributed by atoms with Gasteiger partial charge < -0.3 is 15.2 Å². The first-order valence-electron chi connectivity index (χ1n) is 7.06. The molecule has 1 unspecified atom stereocenters. The van der Waals surface area contributed by atoms with Crippen LogP contribution in [-0.2, 0) is 6.42 Å². The summed E-state index contributed by atoms with van der Waals surface area (Å²) in [5.74, 6) is 2.19. The van der Waals surface area contributed by atoms with E-state index in [1.807, 2.05) is 12.1 Å². The van der Waals surface area contributed by atoms with Crippen LogP contribution in [0.25, 0.3) is 0 Å². The average molecular weight is 263 g/mol. The largest absolute Gasteiger partial charge is 0.493 e. The molecule has 1 aromatic rings. The fourth-order valence-electron chi connectivity index (χ4n) is 3.16. The molecule has 1 fully saturated rings. The van der Waals surface area contributed by atoms with E-state index in [0.29, 0.717) is 5.92 Å². The van der Waals surface area contributed by atoms with E-state index in [1.165, 1.54) is 31.2 Å². The molecule has 0 heterocycles. The van der Waals surface area contributed by atoms with Crippen LogP contribution in [0.5, 0.6) is 11.5 Å². The molecule has 19 heavy (non-hydrogen) atoms. The van der Waals surface area contributed by atoms with Crippen molar-refractivity contribution in [2.45, 2.75) is 44.6 Å². The van der Waals surface area contributed by atoms with Crippen LogP contribution in [0, 0.1) is 5.92 Å². The highest BCUT2D eigenvalue weighted by Gasteiger charge is 2.32. The van der Waals surface area contributed by atoms with Crippen molar-refractivity contribution in [3.63, 3.8) is 0 Å². The van der Waals surface area contributed by atoms with E-state index in [4.69, 9.17) is 15.2 Å². The molecule has 0 spiro atoms. The molecule has 1 aromatic carbocycles. The van der Waals surface area contributed by atoms with Gasteiger partial charge in [0.2, 0.25) is 0 Å². The highest BCUT2D eigenvalue weighted by molar-refractivity contribution is 5.43. The monoisotopic (exact) mass is 263 g/mol. The van der Waals surface area contributed by atoms with Gasteiger partial charge in [-0.15, -0.1) is 0 Å². The van der Waals surface area contributed by atoms with Crippen molar-refractivity contribution in [1.82, 2.24) is 0 Å². The van der Waals surface area contributed by atoms with Crippen molar-refractivity contribution in [3.8, 4) is 11.5 Å². The molecule has 3 heteroatoms. The summed E-state index contributed by atoms with van der Waals surface area (Å²) in [4.78, 5) is 0. The Hall–Kier alpha value is -1.22. The first-order chi connectivity index (χ1) is 9.06.